The van der Waals surface area contributed by atoms with Crippen molar-refractivity contribution in [3.63, 3.8) is 0 Å². The van der Waals surface area contributed by atoms with E-state index in [-0.39, 0.29) is 11.9 Å². The molecule has 1 N–H and O–H groups in total. The third kappa shape index (κ3) is 2.90. The van der Waals surface area contributed by atoms with Crippen molar-refractivity contribution >= 4 is 5.91 Å². The zero-order valence-electron chi connectivity index (χ0n) is 12.7. The second-order valence-electron chi connectivity index (χ2n) is 6.40. The minimum Gasteiger partial charge on any atom is -0.490 e. The van der Waals surface area contributed by atoms with E-state index in [0.29, 0.717) is 24.5 Å². The van der Waals surface area contributed by atoms with Crippen LogP contribution in [0.15, 0.2) is 18.2 Å². The number of benzene rings is 1. The zero-order chi connectivity index (χ0) is 14.9. The van der Waals surface area contributed by atoms with E-state index in [4.69, 9.17) is 9.47 Å². The summed E-state index contributed by atoms with van der Waals surface area (Å²) in [5.41, 5.74) is 0.647. The van der Waals surface area contributed by atoms with Gasteiger partial charge in [-0.2, -0.15) is 0 Å². The van der Waals surface area contributed by atoms with Gasteiger partial charge in [0.15, 0.2) is 11.5 Å². The average molecular weight is 302 g/mol. The van der Waals surface area contributed by atoms with Crippen molar-refractivity contribution in [2.75, 3.05) is 26.3 Å². The van der Waals surface area contributed by atoms with Crippen LogP contribution in [0.25, 0.3) is 0 Å². The van der Waals surface area contributed by atoms with Gasteiger partial charge in [0, 0.05) is 37.2 Å². The number of likely N-dealkylation sites (tertiary alicyclic amines) is 1. The quantitative estimate of drug-likeness (QED) is 0.925. The SMILES string of the molecule is O=C(N[C@H]1CCN(C2CC2)C1)c1ccc2c(c1)OCCCO2. The Bertz CT molecular complexity index is 571. The fourth-order valence-corrected chi connectivity index (χ4v) is 3.25. The first-order valence-corrected chi connectivity index (χ1v) is 8.24. The molecule has 1 aromatic rings. The van der Waals surface area contributed by atoms with Crippen molar-refractivity contribution < 1.29 is 14.3 Å². The first-order chi connectivity index (χ1) is 10.8. The smallest absolute Gasteiger partial charge is 0.251 e. The summed E-state index contributed by atoms with van der Waals surface area (Å²) in [6, 6.07) is 6.49. The maximum absolute atomic E-state index is 12.4. The Labute approximate surface area is 130 Å². The lowest BCUT2D eigenvalue weighted by Crippen LogP contribution is -2.37. The normalized spacial score (nSPS) is 24.8. The van der Waals surface area contributed by atoms with Gasteiger partial charge >= 0.3 is 0 Å². The van der Waals surface area contributed by atoms with Gasteiger partial charge in [0.2, 0.25) is 0 Å². The van der Waals surface area contributed by atoms with E-state index in [9.17, 15) is 4.79 Å². The number of carbonyl (C=O) groups excluding carboxylic acids is 1. The summed E-state index contributed by atoms with van der Waals surface area (Å²) >= 11 is 0. The molecule has 3 aliphatic rings. The lowest BCUT2D eigenvalue weighted by molar-refractivity contribution is 0.0937. The van der Waals surface area contributed by atoms with Crippen molar-refractivity contribution in [1.29, 1.82) is 0 Å². The van der Waals surface area contributed by atoms with Crippen LogP contribution in [0.1, 0.15) is 36.0 Å². The highest BCUT2D eigenvalue weighted by atomic mass is 16.5. The number of rotatable bonds is 3. The summed E-state index contributed by atoms with van der Waals surface area (Å²) in [6.07, 6.45) is 4.56. The number of hydrogen-bond acceptors (Lipinski definition) is 4. The van der Waals surface area contributed by atoms with Crippen LogP contribution in [0.4, 0.5) is 0 Å². The minimum atomic E-state index is -0.0155. The molecular formula is C17H22N2O3. The van der Waals surface area contributed by atoms with Crippen LogP contribution >= 0.6 is 0 Å². The molecule has 0 aromatic heterocycles. The third-order valence-electron chi connectivity index (χ3n) is 4.63. The summed E-state index contributed by atoms with van der Waals surface area (Å²) in [5.74, 6) is 1.39. The maximum Gasteiger partial charge on any atom is 0.251 e. The Morgan fingerprint density at radius 3 is 2.77 bits per heavy atom. The van der Waals surface area contributed by atoms with Crippen LogP contribution in [0.3, 0.4) is 0 Å². The van der Waals surface area contributed by atoms with Gasteiger partial charge in [-0.15, -0.1) is 0 Å². The topological polar surface area (TPSA) is 50.8 Å². The molecule has 0 bridgehead atoms. The zero-order valence-corrected chi connectivity index (χ0v) is 12.7. The van der Waals surface area contributed by atoms with Gasteiger partial charge in [-0.1, -0.05) is 0 Å². The molecule has 1 saturated carbocycles. The van der Waals surface area contributed by atoms with Gasteiger partial charge < -0.3 is 14.8 Å². The molecule has 118 valence electrons. The van der Waals surface area contributed by atoms with Gasteiger partial charge in [0.25, 0.3) is 5.91 Å². The average Bonchev–Trinajstić information content (AvgIpc) is 3.31. The van der Waals surface area contributed by atoms with E-state index in [1.807, 2.05) is 12.1 Å². The molecule has 22 heavy (non-hydrogen) atoms. The summed E-state index contributed by atoms with van der Waals surface area (Å²) in [4.78, 5) is 14.9. The van der Waals surface area contributed by atoms with Crippen LogP contribution < -0.4 is 14.8 Å². The summed E-state index contributed by atoms with van der Waals surface area (Å²) in [6.45, 7) is 3.40. The molecule has 5 heteroatoms. The largest absolute Gasteiger partial charge is 0.490 e. The van der Waals surface area contributed by atoms with Crippen molar-refractivity contribution in [3.05, 3.63) is 23.8 Å². The van der Waals surface area contributed by atoms with E-state index < -0.39 is 0 Å². The Balaban J connectivity index is 1.41. The van der Waals surface area contributed by atoms with Crippen LogP contribution in [0, 0.1) is 0 Å². The lowest BCUT2D eigenvalue weighted by Gasteiger charge is -2.16. The van der Waals surface area contributed by atoms with E-state index in [2.05, 4.69) is 10.2 Å². The second kappa shape index (κ2) is 5.80. The summed E-state index contributed by atoms with van der Waals surface area (Å²) < 4.78 is 11.3. The monoisotopic (exact) mass is 302 g/mol. The predicted molar refractivity (Wildman–Crippen MR) is 82.5 cm³/mol. The van der Waals surface area contributed by atoms with Gasteiger partial charge in [-0.05, 0) is 37.5 Å². The Morgan fingerprint density at radius 2 is 1.95 bits per heavy atom. The Kier molecular flexibility index (Phi) is 3.66. The number of carbonyl (C=O) groups is 1. The number of amides is 1. The molecule has 1 atom stereocenters. The molecule has 1 aliphatic carbocycles. The van der Waals surface area contributed by atoms with Crippen LogP contribution in [0.5, 0.6) is 11.5 Å². The molecule has 2 aliphatic heterocycles. The van der Waals surface area contributed by atoms with Gasteiger partial charge in [-0.25, -0.2) is 0 Å². The number of hydrogen-bond donors (Lipinski definition) is 1. The van der Waals surface area contributed by atoms with Crippen molar-refractivity contribution in [2.45, 2.75) is 37.8 Å². The molecule has 5 nitrogen and oxygen atoms in total. The summed E-state index contributed by atoms with van der Waals surface area (Å²) in [7, 11) is 0. The number of ether oxygens (including phenoxy) is 2. The molecule has 2 heterocycles. The Morgan fingerprint density at radius 1 is 1.14 bits per heavy atom. The van der Waals surface area contributed by atoms with E-state index >= 15 is 0 Å². The van der Waals surface area contributed by atoms with Crippen LogP contribution in [-0.2, 0) is 0 Å². The first-order valence-electron chi connectivity index (χ1n) is 8.24. The number of nitrogens with one attached hydrogen (secondary N) is 1. The van der Waals surface area contributed by atoms with Crippen LogP contribution in [0.2, 0.25) is 0 Å². The predicted octanol–water partition coefficient (Wildman–Crippen LogP) is 1.81. The third-order valence-corrected chi connectivity index (χ3v) is 4.63. The molecule has 2 fully saturated rings. The van der Waals surface area contributed by atoms with E-state index in [1.165, 1.54) is 12.8 Å². The van der Waals surface area contributed by atoms with E-state index in [0.717, 1.165) is 37.7 Å². The van der Waals surface area contributed by atoms with E-state index in [1.54, 1.807) is 6.07 Å². The number of nitrogens with zero attached hydrogens (tertiary/aromatic N) is 1. The molecular weight excluding hydrogens is 280 g/mol. The molecule has 1 amide bonds. The Hall–Kier alpha value is -1.75. The van der Waals surface area contributed by atoms with Crippen molar-refractivity contribution in [2.24, 2.45) is 0 Å². The first kappa shape index (κ1) is 13.9. The van der Waals surface area contributed by atoms with Crippen molar-refractivity contribution in [1.82, 2.24) is 10.2 Å². The standard InChI is InChI=1S/C17H22N2O3/c20-17(18-13-6-7-19(11-13)14-3-4-14)12-2-5-15-16(10-12)22-9-1-8-21-15/h2,5,10,13-14H,1,3-4,6-9,11H2,(H,18,20)/t13-/m0/s1. The van der Waals surface area contributed by atoms with Gasteiger partial charge in [0.05, 0.1) is 13.2 Å². The molecule has 0 unspecified atom stereocenters. The van der Waals surface area contributed by atoms with Crippen LogP contribution in [-0.4, -0.2) is 49.2 Å². The minimum absolute atomic E-state index is 0.0155. The number of fused-ring (bicyclic) bond motifs is 1. The molecule has 1 saturated heterocycles. The molecule has 0 spiro atoms. The highest BCUT2D eigenvalue weighted by Gasteiger charge is 2.34. The van der Waals surface area contributed by atoms with Gasteiger partial charge in [-0.3, -0.25) is 9.69 Å². The van der Waals surface area contributed by atoms with Crippen molar-refractivity contribution in [3.8, 4) is 11.5 Å². The molecule has 0 radical (unpaired) electrons. The highest BCUT2D eigenvalue weighted by molar-refractivity contribution is 5.95. The fraction of sp³-hybridized carbons (Fsp3) is 0.588. The molecule has 1 aromatic carbocycles. The summed E-state index contributed by atoms with van der Waals surface area (Å²) in [5, 5.41) is 3.15. The van der Waals surface area contributed by atoms with Gasteiger partial charge in [0.1, 0.15) is 0 Å². The maximum atomic E-state index is 12.4. The second-order valence-corrected chi connectivity index (χ2v) is 6.40. The lowest BCUT2D eigenvalue weighted by atomic mass is 10.1. The highest BCUT2D eigenvalue weighted by Crippen LogP contribution is 2.31. The molecule has 4 rings (SSSR count). The fourth-order valence-electron chi connectivity index (χ4n) is 3.25.